The first-order valence-corrected chi connectivity index (χ1v) is 5.82. The van der Waals surface area contributed by atoms with Gasteiger partial charge in [-0.1, -0.05) is 0 Å². The van der Waals surface area contributed by atoms with E-state index in [1.54, 1.807) is 0 Å². The average molecular weight is 195 g/mol. The predicted molar refractivity (Wildman–Crippen MR) is 45.4 cm³/mol. The number of hydrogen-bond donors (Lipinski definition) is 1. The van der Waals surface area contributed by atoms with Crippen LogP contribution in [0.3, 0.4) is 0 Å². The Hall–Kier alpha value is -0.160. The molecule has 0 spiro atoms. The molecule has 1 aliphatic rings. The van der Waals surface area contributed by atoms with Crippen LogP contribution in [-0.4, -0.2) is 33.1 Å². The summed E-state index contributed by atoms with van der Waals surface area (Å²) in [6.45, 7) is -0.252. The second-order valence-electron chi connectivity index (χ2n) is 3.49. The maximum Gasteiger partial charge on any atom is 0.150 e. The zero-order valence-electron chi connectivity index (χ0n) is 6.92. The lowest BCUT2D eigenvalue weighted by molar-refractivity contribution is 0.194. The molecule has 1 heterocycles. The molecule has 0 atom stereocenters. The number of alkyl halides is 1. The standard InChI is InChI=1S/C7H14FNO2S/c8-5-7(6-9)1-3-12(10,11)4-2-7/h1-6,9H2. The first-order valence-electron chi connectivity index (χ1n) is 4.00. The Morgan fingerprint density at radius 2 is 1.83 bits per heavy atom. The zero-order chi connectivity index (χ0) is 9.24. The summed E-state index contributed by atoms with van der Waals surface area (Å²) in [6.07, 6.45) is 0.755. The van der Waals surface area contributed by atoms with Crippen LogP contribution in [0.15, 0.2) is 0 Å². The molecule has 0 aromatic heterocycles. The molecule has 0 unspecified atom stereocenters. The van der Waals surface area contributed by atoms with Crippen molar-refractivity contribution in [1.29, 1.82) is 0 Å². The summed E-state index contributed by atoms with van der Waals surface area (Å²) >= 11 is 0. The van der Waals surface area contributed by atoms with Gasteiger partial charge in [-0.15, -0.1) is 0 Å². The molecule has 0 radical (unpaired) electrons. The number of hydrogen-bond acceptors (Lipinski definition) is 3. The van der Waals surface area contributed by atoms with Crippen LogP contribution in [0, 0.1) is 5.41 Å². The molecular weight excluding hydrogens is 181 g/mol. The van der Waals surface area contributed by atoms with E-state index in [1.807, 2.05) is 0 Å². The molecule has 0 aromatic carbocycles. The molecule has 5 heteroatoms. The summed E-state index contributed by atoms with van der Waals surface area (Å²) in [5.74, 6) is 0.183. The van der Waals surface area contributed by atoms with Gasteiger partial charge in [0.05, 0.1) is 18.2 Å². The molecular formula is C7H14FNO2S. The molecule has 0 bridgehead atoms. The first-order chi connectivity index (χ1) is 5.54. The van der Waals surface area contributed by atoms with Crippen molar-refractivity contribution in [1.82, 2.24) is 0 Å². The molecule has 0 aromatic rings. The third-order valence-electron chi connectivity index (χ3n) is 2.60. The van der Waals surface area contributed by atoms with Gasteiger partial charge < -0.3 is 5.73 Å². The van der Waals surface area contributed by atoms with Crippen molar-refractivity contribution in [3.63, 3.8) is 0 Å². The molecule has 1 rings (SSSR count). The van der Waals surface area contributed by atoms with Crippen LogP contribution in [0.4, 0.5) is 4.39 Å². The van der Waals surface area contributed by atoms with Crippen LogP contribution in [0.25, 0.3) is 0 Å². The highest BCUT2D eigenvalue weighted by molar-refractivity contribution is 7.91. The third kappa shape index (κ3) is 1.95. The van der Waals surface area contributed by atoms with Crippen molar-refractivity contribution in [2.45, 2.75) is 12.8 Å². The van der Waals surface area contributed by atoms with E-state index in [0.717, 1.165) is 0 Å². The molecule has 72 valence electrons. The normalized spacial score (nSPS) is 26.8. The Kier molecular flexibility index (Phi) is 2.73. The summed E-state index contributed by atoms with van der Waals surface area (Å²) in [7, 11) is -2.90. The molecule has 0 aliphatic carbocycles. The van der Waals surface area contributed by atoms with Gasteiger partial charge in [-0.3, -0.25) is 4.39 Å². The number of rotatable bonds is 2. The summed E-state index contributed by atoms with van der Waals surface area (Å²) in [5, 5.41) is 0. The van der Waals surface area contributed by atoms with Gasteiger partial charge in [0.1, 0.15) is 9.84 Å². The quantitative estimate of drug-likeness (QED) is 0.680. The van der Waals surface area contributed by atoms with Gasteiger partial charge in [-0.05, 0) is 12.8 Å². The number of halogens is 1. The monoisotopic (exact) mass is 195 g/mol. The smallest absolute Gasteiger partial charge is 0.150 e. The summed E-state index contributed by atoms with van der Waals surface area (Å²) in [6, 6.07) is 0. The summed E-state index contributed by atoms with van der Waals surface area (Å²) in [4.78, 5) is 0. The van der Waals surface area contributed by atoms with Crippen molar-refractivity contribution in [3.05, 3.63) is 0 Å². The van der Waals surface area contributed by atoms with Crippen LogP contribution in [0.5, 0.6) is 0 Å². The predicted octanol–water partition coefficient (Wildman–Crippen LogP) is 0.110. The lowest BCUT2D eigenvalue weighted by Gasteiger charge is -2.32. The highest BCUT2D eigenvalue weighted by Crippen LogP contribution is 2.31. The minimum atomic E-state index is -2.90. The fourth-order valence-electron chi connectivity index (χ4n) is 1.36. The Balaban J connectivity index is 2.66. The fraction of sp³-hybridized carbons (Fsp3) is 1.00. The van der Waals surface area contributed by atoms with E-state index in [2.05, 4.69) is 0 Å². The molecule has 1 fully saturated rings. The minimum absolute atomic E-state index is 0.0914. The van der Waals surface area contributed by atoms with Crippen LogP contribution in [0.1, 0.15) is 12.8 Å². The Morgan fingerprint density at radius 1 is 1.33 bits per heavy atom. The third-order valence-corrected chi connectivity index (χ3v) is 4.26. The summed E-state index contributed by atoms with van der Waals surface area (Å²) < 4.78 is 34.5. The SMILES string of the molecule is NCC1(CF)CCS(=O)(=O)CC1. The largest absolute Gasteiger partial charge is 0.330 e. The molecule has 2 N–H and O–H groups in total. The maximum absolute atomic E-state index is 12.5. The van der Waals surface area contributed by atoms with E-state index in [0.29, 0.717) is 12.8 Å². The van der Waals surface area contributed by atoms with Crippen molar-refractivity contribution in [2.24, 2.45) is 11.1 Å². The van der Waals surface area contributed by atoms with Crippen molar-refractivity contribution >= 4 is 9.84 Å². The minimum Gasteiger partial charge on any atom is -0.330 e. The van der Waals surface area contributed by atoms with Crippen molar-refractivity contribution in [3.8, 4) is 0 Å². The average Bonchev–Trinajstić information content (AvgIpc) is 2.06. The van der Waals surface area contributed by atoms with Crippen molar-refractivity contribution < 1.29 is 12.8 Å². The first kappa shape index (κ1) is 9.92. The Morgan fingerprint density at radius 3 is 2.17 bits per heavy atom. The Bertz CT molecular complexity index is 230. The van der Waals surface area contributed by atoms with E-state index in [1.165, 1.54) is 0 Å². The number of nitrogens with two attached hydrogens (primary N) is 1. The van der Waals surface area contributed by atoms with Crippen LogP contribution < -0.4 is 5.73 Å². The maximum atomic E-state index is 12.5. The van der Waals surface area contributed by atoms with Crippen LogP contribution >= 0.6 is 0 Å². The Labute approximate surface area is 72.1 Å². The van der Waals surface area contributed by atoms with Crippen LogP contribution in [0.2, 0.25) is 0 Å². The van der Waals surface area contributed by atoms with E-state index < -0.39 is 21.9 Å². The van der Waals surface area contributed by atoms with E-state index in [9.17, 15) is 12.8 Å². The van der Waals surface area contributed by atoms with Crippen LogP contribution in [-0.2, 0) is 9.84 Å². The second-order valence-corrected chi connectivity index (χ2v) is 5.79. The molecule has 1 saturated heterocycles. The molecule has 3 nitrogen and oxygen atoms in total. The van der Waals surface area contributed by atoms with Gasteiger partial charge in [-0.2, -0.15) is 0 Å². The molecule has 12 heavy (non-hydrogen) atoms. The lowest BCUT2D eigenvalue weighted by atomic mass is 9.83. The topological polar surface area (TPSA) is 60.2 Å². The lowest BCUT2D eigenvalue weighted by Crippen LogP contribution is -2.40. The second kappa shape index (κ2) is 3.30. The highest BCUT2D eigenvalue weighted by Gasteiger charge is 2.36. The zero-order valence-corrected chi connectivity index (χ0v) is 7.74. The van der Waals surface area contributed by atoms with Gasteiger partial charge in [0.15, 0.2) is 0 Å². The fourth-order valence-corrected chi connectivity index (χ4v) is 3.06. The van der Waals surface area contributed by atoms with Gasteiger partial charge in [-0.25, -0.2) is 8.42 Å². The van der Waals surface area contributed by atoms with Crippen molar-refractivity contribution in [2.75, 3.05) is 24.7 Å². The van der Waals surface area contributed by atoms with E-state index in [-0.39, 0.29) is 18.1 Å². The van der Waals surface area contributed by atoms with E-state index >= 15 is 0 Å². The highest BCUT2D eigenvalue weighted by atomic mass is 32.2. The summed E-state index contributed by atoms with van der Waals surface area (Å²) in [5.41, 5.74) is 4.85. The van der Waals surface area contributed by atoms with Gasteiger partial charge in [0.2, 0.25) is 0 Å². The molecule has 0 amide bonds. The number of sulfone groups is 1. The van der Waals surface area contributed by atoms with Gasteiger partial charge in [0.25, 0.3) is 0 Å². The molecule has 1 aliphatic heterocycles. The molecule has 0 saturated carbocycles. The van der Waals surface area contributed by atoms with Gasteiger partial charge in [0, 0.05) is 12.0 Å². The van der Waals surface area contributed by atoms with Gasteiger partial charge >= 0.3 is 0 Å². The van der Waals surface area contributed by atoms with E-state index in [4.69, 9.17) is 5.73 Å².